The molecular weight excluding hydrogens is 372 g/mol. The van der Waals surface area contributed by atoms with Crippen molar-refractivity contribution < 1.29 is 14.3 Å². The average molecular weight is 397 g/mol. The third kappa shape index (κ3) is 5.47. The molecule has 6 heteroatoms. The van der Waals surface area contributed by atoms with E-state index in [0.717, 1.165) is 16.9 Å². The van der Waals surface area contributed by atoms with E-state index in [1.165, 1.54) is 11.8 Å². The number of carbonyl (C=O) groups excluding carboxylic acids is 2. The number of ether oxygens (including phenoxy) is 1. The Hall–Kier alpha value is -2.57. The van der Waals surface area contributed by atoms with Gasteiger partial charge in [0.2, 0.25) is 0 Å². The molecule has 0 unspecified atom stereocenters. The summed E-state index contributed by atoms with van der Waals surface area (Å²) in [4.78, 5) is 26.3. The standard InChI is InChI=1S/C22H24N2O3S/c1-15(2)27-12-6-11-23-21(25)17-9-10-19-18(14-17)24-22(26)20(28-19)13-16-7-4-3-5-8-16/h3-5,7-10,13-15H,6,11-12H2,1-2H3,(H,23,25)(H,24,26). The minimum absolute atomic E-state index is 0.155. The fourth-order valence-electron chi connectivity index (χ4n) is 2.70. The van der Waals surface area contributed by atoms with Crippen LogP contribution < -0.4 is 10.6 Å². The molecule has 28 heavy (non-hydrogen) atoms. The van der Waals surface area contributed by atoms with E-state index in [1.807, 2.05) is 56.3 Å². The monoisotopic (exact) mass is 396 g/mol. The highest BCUT2D eigenvalue weighted by atomic mass is 32.2. The van der Waals surface area contributed by atoms with Crippen LogP contribution in [0.1, 0.15) is 36.2 Å². The van der Waals surface area contributed by atoms with Crippen molar-refractivity contribution in [1.29, 1.82) is 0 Å². The van der Waals surface area contributed by atoms with Crippen LogP contribution in [-0.4, -0.2) is 31.1 Å². The smallest absolute Gasteiger partial charge is 0.262 e. The van der Waals surface area contributed by atoms with Crippen LogP contribution in [0, 0.1) is 0 Å². The van der Waals surface area contributed by atoms with Crippen molar-refractivity contribution >= 4 is 35.3 Å². The summed E-state index contributed by atoms with van der Waals surface area (Å²) in [6.45, 7) is 5.13. The van der Waals surface area contributed by atoms with Crippen molar-refractivity contribution in [2.24, 2.45) is 0 Å². The first-order valence-electron chi connectivity index (χ1n) is 9.33. The maximum Gasteiger partial charge on any atom is 0.262 e. The molecule has 0 fully saturated rings. The lowest BCUT2D eigenvalue weighted by atomic mass is 10.1. The second kappa shape index (κ2) is 9.57. The van der Waals surface area contributed by atoms with Crippen LogP contribution in [-0.2, 0) is 9.53 Å². The first-order valence-corrected chi connectivity index (χ1v) is 10.1. The Morgan fingerprint density at radius 3 is 2.75 bits per heavy atom. The van der Waals surface area contributed by atoms with Crippen LogP contribution >= 0.6 is 11.8 Å². The molecule has 0 atom stereocenters. The number of fused-ring (bicyclic) bond motifs is 1. The molecule has 1 aliphatic rings. The van der Waals surface area contributed by atoms with Crippen molar-refractivity contribution in [3.63, 3.8) is 0 Å². The van der Waals surface area contributed by atoms with Crippen molar-refractivity contribution in [1.82, 2.24) is 5.32 Å². The van der Waals surface area contributed by atoms with Gasteiger partial charge in [-0.3, -0.25) is 9.59 Å². The molecule has 2 aromatic rings. The van der Waals surface area contributed by atoms with Gasteiger partial charge in [-0.25, -0.2) is 0 Å². The van der Waals surface area contributed by atoms with E-state index >= 15 is 0 Å². The molecule has 0 bridgehead atoms. The summed E-state index contributed by atoms with van der Waals surface area (Å²) in [5.74, 6) is -0.318. The normalized spacial score (nSPS) is 14.7. The van der Waals surface area contributed by atoms with Crippen LogP contribution in [0.5, 0.6) is 0 Å². The summed E-state index contributed by atoms with van der Waals surface area (Å²) in [6.07, 6.45) is 2.82. The zero-order valence-corrected chi connectivity index (χ0v) is 16.8. The molecule has 0 aliphatic carbocycles. The zero-order chi connectivity index (χ0) is 19.9. The van der Waals surface area contributed by atoms with Gasteiger partial charge >= 0.3 is 0 Å². The lowest BCUT2D eigenvalue weighted by molar-refractivity contribution is -0.112. The summed E-state index contributed by atoms with van der Waals surface area (Å²) >= 11 is 1.41. The van der Waals surface area contributed by atoms with Gasteiger partial charge < -0.3 is 15.4 Å². The molecule has 146 valence electrons. The van der Waals surface area contributed by atoms with Crippen LogP contribution in [0.15, 0.2) is 58.3 Å². The van der Waals surface area contributed by atoms with Gasteiger partial charge in [-0.05, 0) is 50.1 Å². The first-order chi connectivity index (χ1) is 13.5. The number of rotatable bonds is 7. The lowest BCUT2D eigenvalue weighted by Gasteiger charge is -2.19. The molecule has 1 aliphatic heterocycles. The molecule has 0 radical (unpaired) electrons. The molecule has 5 nitrogen and oxygen atoms in total. The molecule has 3 rings (SSSR count). The largest absolute Gasteiger partial charge is 0.379 e. The Morgan fingerprint density at radius 2 is 2.00 bits per heavy atom. The Morgan fingerprint density at radius 1 is 1.21 bits per heavy atom. The predicted octanol–water partition coefficient (Wildman–Crippen LogP) is 4.32. The Labute approximate surface area is 169 Å². The maximum atomic E-state index is 12.4. The number of anilines is 1. The summed E-state index contributed by atoms with van der Waals surface area (Å²) in [5, 5.41) is 5.77. The maximum absolute atomic E-state index is 12.4. The quantitative estimate of drug-likeness (QED) is 0.540. The van der Waals surface area contributed by atoms with Gasteiger partial charge in [-0.15, -0.1) is 0 Å². The van der Waals surface area contributed by atoms with Crippen molar-refractivity contribution in [2.45, 2.75) is 31.3 Å². The van der Waals surface area contributed by atoms with Crippen molar-refractivity contribution in [2.75, 3.05) is 18.5 Å². The Balaban J connectivity index is 1.63. The molecule has 2 N–H and O–H groups in total. The number of benzene rings is 2. The summed E-state index contributed by atoms with van der Waals surface area (Å²) in [6, 6.07) is 15.1. The predicted molar refractivity (Wildman–Crippen MR) is 113 cm³/mol. The lowest BCUT2D eigenvalue weighted by Crippen LogP contribution is -2.26. The Bertz CT molecular complexity index is 879. The van der Waals surface area contributed by atoms with Gasteiger partial charge in [-0.1, -0.05) is 42.1 Å². The SMILES string of the molecule is CC(C)OCCCNC(=O)c1ccc2c(c1)NC(=O)C(=Cc1ccccc1)S2. The highest BCUT2D eigenvalue weighted by Gasteiger charge is 2.22. The third-order valence-corrected chi connectivity index (χ3v) is 5.19. The number of hydrogen-bond donors (Lipinski definition) is 2. The Kier molecular flexibility index (Phi) is 6.90. The highest BCUT2D eigenvalue weighted by molar-refractivity contribution is 8.04. The van der Waals surface area contributed by atoms with E-state index in [1.54, 1.807) is 12.1 Å². The van der Waals surface area contributed by atoms with E-state index in [-0.39, 0.29) is 17.9 Å². The number of carbonyl (C=O) groups is 2. The van der Waals surface area contributed by atoms with Gasteiger partial charge in [0.05, 0.1) is 16.7 Å². The molecular formula is C22H24N2O3S. The molecule has 1 heterocycles. The van der Waals surface area contributed by atoms with Crippen LogP contribution in [0.3, 0.4) is 0 Å². The third-order valence-electron chi connectivity index (χ3n) is 4.09. The second-order valence-corrected chi connectivity index (χ2v) is 7.80. The second-order valence-electron chi connectivity index (χ2n) is 6.72. The van der Waals surface area contributed by atoms with Gasteiger partial charge in [0.1, 0.15) is 0 Å². The fourth-order valence-corrected chi connectivity index (χ4v) is 3.63. The number of thioether (sulfide) groups is 1. The van der Waals surface area contributed by atoms with E-state index < -0.39 is 0 Å². The molecule has 0 saturated carbocycles. The molecule has 0 spiro atoms. The van der Waals surface area contributed by atoms with E-state index in [0.29, 0.717) is 29.3 Å². The van der Waals surface area contributed by atoms with Gasteiger partial charge in [0, 0.05) is 23.6 Å². The van der Waals surface area contributed by atoms with Gasteiger partial charge in [-0.2, -0.15) is 0 Å². The molecule has 0 saturated heterocycles. The minimum Gasteiger partial charge on any atom is -0.379 e. The van der Waals surface area contributed by atoms with Gasteiger partial charge in [0.15, 0.2) is 0 Å². The number of amides is 2. The molecule has 2 aromatic carbocycles. The topological polar surface area (TPSA) is 67.4 Å². The molecule has 0 aromatic heterocycles. The van der Waals surface area contributed by atoms with Crippen LogP contribution in [0.4, 0.5) is 5.69 Å². The van der Waals surface area contributed by atoms with Gasteiger partial charge in [0.25, 0.3) is 11.8 Å². The van der Waals surface area contributed by atoms with Crippen LogP contribution in [0.25, 0.3) is 6.08 Å². The van der Waals surface area contributed by atoms with E-state index in [4.69, 9.17) is 4.74 Å². The van der Waals surface area contributed by atoms with E-state index in [9.17, 15) is 9.59 Å². The highest BCUT2D eigenvalue weighted by Crippen LogP contribution is 2.39. The van der Waals surface area contributed by atoms with E-state index in [2.05, 4.69) is 10.6 Å². The summed E-state index contributed by atoms with van der Waals surface area (Å²) in [5.41, 5.74) is 2.16. The number of nitrogens with one attached hydrogen (secondary N) is 2. The average Bonchev–Trinajstić information content (AvgIpc) is 2.68. The number of hydrogen-bond acceptors (Lipinski definition) is 4. The minimum atomic E-state index is -0.162. The first kappa shape index (κ1) is 20.2. The van der Waals surface area contributed by atoms with Crippen molar-refractivity contribution in [3.05, 3.63) is 64.6 Å². The zero-order valence-electron chi connectivity index (χ0n) is 16.0. The van der Waals surface area contributed by atoms with Crippen LogP contribution in [0.2, 0.25) is 0 Å². The van der Waals surface area contributed by atoms with Crippen molar-refractivity contribution in [3.8, 4) is 0 Å². The molecule has 2 amide bonds. The summed E-state index contributed by atoms with van der Waals surface area (Å²) < 4.78 is 5.46. The fraction of sp³-hybridized carbons (Fsp3) is 0.273. The summed E-state index contributed by atoms with van der Waals surface area (Å²) in [7, 11) is 0.